The largest absolute Gasteiger partial charge is 0.432 e. The van der Waals surface area contributed by atoms with Crippen LogP contribution in [-0.2, 0) is 11.3 Å². The van der Waals surface area contributed by atoms with Crippen LogP contribution in [0.2, 0.25) is 0 Å². The molecule has 2 aromatic rings. The van der Waals surface area contributed by atoms with Gasteiger partial charge in [0.2, 0.25) is 5.91 Å². The quantitative estimate of drug-likeness (QED) is 0.759. The number of aryl methyl sites for hydroxylation is 1. The number of halogens is 4. The number of aromatic nitrogens is 2. The minimum atomic E-state index is -3.12. The van der Waals surface area contributed by atoms with E-state index in [1.54, 1.807) is 11.6 Å². The van der Waals surface area contributed by atoms with Crippen molar-refractivity contribution in [3.8, 4) is 5.75 Å². The number of nitrogens with zero attached hydrogens (tertiary/aromatic N) is 2. The van der Waals surface area contributed by atoms with Crippen molar-refractivity contribution in [1.29, 1.82) is 0 Å². The molecular weight excluding hydrogens is 403 g/mol. The average Bonchev–Trinajstić information content (AvgIpc) is 2.76. The maximum Gasteiger partial charge on any atom is 0.387 e. The summed E-state index contributed by atoms with van der Waals surface area (Å²) < 4.78 is 44.9. The SMILES string of the molecule is Cc1nn(CC(C)C(=O)Nc2ccc(F)cc2OC(F)F)c(C)c1Br. The number of hydrogen-bond donors (Lipinski definition) is 1. The van der Waals surface area contributed by atoms with Crippen LogP contribution in [0.5, 0.6) is 5.75 Å². The highest BCUT2D eigenvalue weighted by molar-refractivity contribution is 9.10. The topological polar surface area (TPSA) is 56.2 Å². The van der Waals surface area contributed by atoms with Gasteiger partial charge in [-0.15, -0.1) is 0 Å². The highest BCUT2D eigenvalue weighted by Gasteiger charge is 2.19. The van der Waals surface area contributed by atoms with Crippen molar-refractivity contribution in [3.05, 3.63) is 39.9 Å². The molecule has 0 saturated carbocycles. The molecule has 1 unspecified atom stereocenters. The summed E-state index contributed by atoms with van der Waals surface area (Å²) in [6.45, 7) is 2.56. The van der Waals surface area contributed by atoms with Crippen LogP contribution < -0.4 is 10.1 Å². The number of amides is 1. The number of nitrogens with one attached hydrogen (secondary N) is 1. The van der Waals surface area contributed by atoms with E-state index in [1.807, 2.05) is 13.8 Å². The summed E-state index contributed by atoms with van der Waals surface area (Å²) in [5.41, 5.74) is 1.66. The zero-order valence-corrected chi connectivity index (χ0v) is 15.4. The molecule has 1 atom stereocenters. The van der Waals surface area contributed by atoms with Gasteiger partial charge >= 0.3 is 6.61 Å². The number of carbonyl (C=O) groups is 1. The van der Waals surface area contributed by atoms with E-state index >= 15 is 0 Å². The van der Waals surface area contributed by atoms with Gasteiger partial charge in [-0.3, -0.25) is 9.48 Å². The van der Waals surface area contributed by atoms with Crippen molar-refractivity contribution in [2.45, 2.75) is 33.9 Å². The molecule has 2 rings (SSSR count). The van der Waals surface area contributed by atoms with Gasteiger partial charge in [-0.2, -0.15) is 13.9 Å². The van der Waals surface area contributed by atoms with Gasteiger partial charge in [0.25, 0.3) is 0 Å². The Kier molecular flexibility index (Phi) is 6.10. The smallest absolute Gasteiger partial charge is 0.387 e. The first kappa shape index (κ1) is 19.3. The van der Waals surface area contributed by atoms with Crippen molar-refractivity contribution in [2.75, 3.05) is 5.32 Å². The van der Waals surface area contributed by atoms with Gasteiger partial charge in [0.05, 0.1) is 28.3 Å². The summed E-state index contributed by atoms with van der Waals surface area (Å²) in [7, 11) is 0. The van der Waals surface area contributed by atoms with E-state index in [1.165, 1.54) is 6.07 Å². The summed E-state index contributed by atoms with van der Waals surface area (Å²) in [5.74, 6) is -2.10. The lowest BCUT2D eigenvalue weighted by molar-refractivity contribution is -0.119. The normalized spacial score (nSPS) is 12.3. The predicted octanol–water partition coefficient (Wildman–Crippen LogP) is 4.28. The second kappa shape index (κ2) is 7.90. The minimum Gasteiger partial charge on any atom is -0.432 e. The van der Waals surface area contributed by atoms with Gasteiger partial charge < -0.3 is 10.1 Å². The Morgan fingerprint density at radius 3 is 2.64 bits per heavy atom. The van der Waals surface area contributed by atoms with E-state index in [-0.39, 0.29) is 5.69 Å². The number of hydrogen-bond acceptors (Lipinski definition) is 3. The first-order chi connectivity index (χ1) is 11.7. The summed E-state index contributed by atoms with van der Waals surface area (Å²) in [5, 5.41) is 6.81. The molecule has 0 bridgehead atoms. The zero-order chi connectivity index (χ0) is 18.7. The minimum absolute atomic E-state index is 0.0203. The molecule has 1 N–H and O–H groups in total. The van der Waals surface area contributed by atoms with Gasteiger partial charge in [-0.25, -0.2) is 4.39 Å². The summed E-state index contributed by atoms with van der Waals surface area (Å²) >= 11 is 3.41. The lowest BCUT2D eigenvalue weighted by Gasteiger charge is -2.16. The van der Waals surface area contributed by atoms with Gasteiger partial charge in [0.15, 0.2) is 5.75 Å². The maximum atomic E-state index is 13.2. The van der Waals surface area contributed by atoms with E-state index in [2.05, 4.69) is 31.1 Å². The third-order valence-electron chi connectivity index (χ3n) is 3.61. The summed E-state index contributed by atoms with van der Waals surface area (Å²) in [6.07, 6.45) is 0. The molecule has 5 nitrogen and oxygen atoms in total. The molecule has 0 aliphatic carbocycles. The van der Waals surface area contributed by atoms with Crippen molar-refractivity contribution < 1.29 is 22.7 Å². The molecule has 0 aliphatic rings. The number of anilines is 1. The Morgan fingerprint density at radius 1 is 1.40 bits per heavy atom. The molecule has 0 radical (unpaired) electrons. The Hall–Kier alpha value is -2.03. The fourth-order valence-electron chi connectivity index (χ4n) is 2.24. The highest BCUT2D eigenvalue weighted by atomic mass is 79.9. The maximum absolute atomic E-state index is 13.2. The second-order valence-electron chi connectivity index (χ2n) is 5.58. The first-order valence-electron chi connectivity index (χ1n) is 7.43. The van der Waals surface area contributed by atoms with Gasteiger partial charge in [-0.1, -0.05) is 6.92 Å². The standard InChI is InChI=1S/C16H17BrF3N3O2/c1-8(7-23-10(3)14(17)9(2)22-23)15(24)21-12-5-4-11(18)6-13(12)25-16(19)20/h4-6,8,16H,7H2,1-3H3,(H,21,24). The molecule has 25 heavy (non-hydrogen) atoms. The van der Waals surface area contributed by atoms with Crippen LogP contribution in [0.3, 0.4) is 0 Å². The molecule has 136 valence electrons. The molecule has 0 fully saturated rings. The van der Waals surface area contributed by atoms with Gasteiger partial charge in [0, 0.05) is 11.8 Å². The Bertz CT molecular complexity index is 780. The van der Waals surface area contributed by atoms with E-state index in [4.69, 9.17) is 0 Å². The Balaban J connectivity index is 2.12. The fraction of sp³-hybridized carbons (Fsp3) is 0.375. The molecule has 9 heteroatoms. The summed E-state index contributed by atoms with van der Waals surface area (Å²) in [4.78, 5) is 12.3. The van der Waals surface area contributed by atoms with Crippen LogP contribution in [0.1, 0.15) is 18.3 Å². The van der Waals surface area contributed by atoms with E-state index in [0.717, 1.165) is 28.0 Å². The molecular formula is C16H17BrF3N3O2. The number of carbonyl (C=O) groups excluding carboxylic acids is 1. The number of rotatable bonds is 6. The van der Waals surface area contributed by atoms with E-state index in [9.17, 15) is 18.0 Å². The lowest BCUT2D eigenvalue weighted by atomic mass is 10.1. The highest BCUT2D eigenvalue weighted by Crippen LogP contribution is 2.28. The molecule has 1 aromatic carbocycles. The van der Waals surface area contributed by atoms with Crippen LogP contribution in [0.25, 0.3) is 0 Å². The van der Waals surface area contributed by atoms with Crippen molar-refractivity contribution in [3.63, 3.8) is 0 Å². The molecule has 1 amide bonds. The number of ether oxygens (including phenoxy) is 1. The molecule has 0 saturated heterocycles. The molecule has 0 spiro atoms. The third-order valence-corrected chi connectivity index (χ3v) is 4.75. The second-order valence-corrected chi connectivity index (χ2v) is 6.37. The van der Waals surface area contributed by atoms with E-state index < -0.39 is 30.0 Å². The van der Waals surface area contributed by atoms with Crippen molar-refractivity contribution in [1.82, 2.24) is 9.78 Å². The lowest BCUT2D eigenvalue weighted by Crippen LogP contribution is -2.25. The van der Waals surface area contributed by atoms with Crippen molar-refractivity contribution in [2.24, 2.45) is 5.92 Å². The van der Waals surface area contributed by atoms with Crippen LogP contribution in [-0.4, -0.2) is 22.3 Å². The van der Waals surface area contributed by atoms with E-state index in [0.29, 0.717) is 6.54 Å². The molecule has 1 aromatic heterocycles. The zero-order valence-electron chi connectivity index (χ0n) is 13.8. The van der Waals surface area contributed by atoms with Crippen LogP contribution in [0.4, 0.5) is 18.9 Å². The number of alkyl halides is 2. The van der Waals surface area contributed by atoms with Crippen LogP contribution in [0.15, 0.2) is 22.7 Å². The van der Waals surface area contributed by atoms with Crippen molar-refractivity contribution >= 4 is 27.5 Å². The molecule has 1 heterocycles. The predicted molar refractivity (Wildman–Crippen MR) is 90.2 cm³/mol. The first-order valence-corrected chi connectivity index (χ1v) is 8.23. The monoisotopic (exact) mass is 419 g/mol. The molecule has 0 aliphatic heterocycles. The van der Waals surface area contributed by atoms with Crippen LogP contribution >= 0.6 is 15.9 Å². The van der Waals surface area contributed by atoms with Crippen LogP contribution in [0, 0.1) is 25.6 Å². The van der Waals surface area contributed by atoms with Gasteiger partial charge in [-0.05, 0) is 41.9 Å². The summed E-state index contributed by atoms with van der Waals surface area (Å²) in [6, 6.07) is 3.03. The Labute approximate surface area is 151 Å². The third kappa shape index (κ3) is 4.75. The Morgan fingerprint density at radius 2 is 2.08 bits per heavy atom. The average molecular weight is 420 g/mol. The van der Waals surface area contributed by atoms with Gasteiger partial charge in [0.1, 0.15) is 5.82 Å². The fourth-order valence-corrected chi connectivity index (χ4v) is 2.53. The number of benzene rings is 1.